The number of nitrogens with zero attached hydrogens (tertiary/aromatic N) is 2. The van der Waals surface area contributed by atoms with Crippen molar-refractivity contribution in [1.29, 1.82) is 0 Å². The lowest BCUT2D eigenvalue weighted by molar-refractivity contribution is 0.140. The van der Waals surface area contributed by atoms with E-state index in [0.717, 1.165) is 0 Å². The van der Waals surface area contributed by atoms with Gasteiger partial charge in [-0.1, -0.05) is 0 Å². The van der Waals surface area contributed by atoms with Crippen LogP contribution < -0.4 is 5.73 Å². The summed E-state index contributed by atoms with van der Waals surface area (Å²) in [6.07, 6.45) is -2.34. The minimum absolute atomic E-state index is 0.360. The van der Waals surface area contributed by atoms with E-state index in [-0.39, 0.29) is 5.95 Å². The van der Waals surface area contributed by atoms with Crippen molar-refractivity contribution in [2.24, 2.45) is 0 Å². The van der Waals surface area contributed by atoms with Gasteiger partial charge < -0.3 is 5.73 Å². The van der Waals surface area contributed by atoms with E-state index in [9.17, 15) is 13.2 Å². The largest absolute Gasteiger partial charge is 0.368 e. The average Bonchev–Trinajstić information content (AvgIpc) is 1.94. The molecule has 0 bridgehead atoms. The van der Waals surface area contributed by atoms with Crippen LogP contribution in [-0.4, -0.2) is 9.97 Å². The van der Waals surface area contributed by atoms with E-state index < -0.39 is 17.9 Å². The van der Waals surface area contributed by atoms with Gasteiger partial charge in [-0.2, -0.15) is 0 Å². The quantitative estimate of drug-likeness (QED) is 0.675. The zero-order valence-electron chi connectivity index (χ0n) is 5.26. The third-order valence-corrected chi connectivity index (χ3v) is 0.997. The first-order valence-electron chi connectivity index (χ1n) is 2.67. The average molecular weight is 163 g/mol. The van der Waals surface area contributed by atoms with Gasteiger partial charge in [-0.15, -0.1) is 0 Å². The number of hydrogen-bond donors (Lipinski definition) is 1. The van der Waals surface area contributed by atoms with Crippen molar-refractivity contribution in [2.45, 2.75) is 6.43 Å². The molecule has 0 fully saturated rings. The lowest BCUT2D eigenvalue weighted by atomic mass is 10.4. The molecule has 11 heavy (non-hydrogen) atoms. The summed E-state index contributed by atoms with van der Waals surface area (Å²) in [4.78, 5) is 6.19. The Balaban J connectivity index is 3.13. The summed E-state index contributed by atoms with van der Waals surface area (Å²) in [5, 5.41) is 0. The monoisotopic (exact) mass is 163 g/mol. The highest BCUT2D eigenvalue weighted by atomic mass is 19.3. The number of halogens is 3. The fourth-order valence-corrected chi connectivity index (χ4v) is 0.548. The van der Waals surface area contributed by atoms with Crippen molar-refractivity contribution in [2.75, 3.05) is 5.73 Å². The second kappa shape index (κ2) is 2.73. The van der Waals surface area contributed by atoms with Crippen molar-refractivity contribution in [3.05, 3.63) is 17.7 Å². The molecule has 0 saturated heterocycles. The Hall–Kier alpha value is -1.33. The molecule has 0 aliphatic heterocycles. The van der Waals surface area contributed by atoms with Gasteiger partial charge in [0, 0.05) is 0 Å². The first-order valence-corrected chi connectivity index (χ1v) is 2.67. The molecule has 6 heteroatoms. The second-order valence-corrected chi connectivity index (χ2v) is 1.76. The molecule has 1 rings (SSSR count). The van der Waals surface area contributed by atoms with Crippen LogP contribution in [-0.2, 0) is 0 Å². The summed E-state index contributed by atoms with van der Waals surface area (Å²) in [6, 6.07) is 0. The molecule has 0 atom stereocenters. The van der Waals surface area contributed by atoms with Crippen LogP contribution in [0, 0.1) is 5.82 Å². The molecule has 2 N–H and O–H groups in total. The van der Waals surface area contributed by atoms with Gasteiger partial charge in [0.1, 0.15) is 5.69 Å². The van der Waals surface area contributed by atoms with Crippen LogP contribution in [0.2, 0.25) is 0 Å². The molecule has 1 aromatic heterocycles. The van der Waals surface area contributed by atoms with Crippen molar-refractivity contribution in [3.8, 4) is 0 Å². The Kier molecular flexibility index (Phi) is 1.93. The predicted octanol–water partition coefficient (Wildman–Crippen LogP) is 1.14. The van der Waals surface area contributed by atoms with E-state index in [1.165, 1.54) is 0 Å². The molecule has 0 saturated carbocycles. The van der Waals surface area contributed by atoms with Crippen LogP contribution in [0.5, 0.6) is 0 Å². The first kappa shape index (κ1) is 7.77. The maximum absolute atomic E-state index is 12.4. The van der Waals surface area contributed by atoms with E-state index in [4.69, 9.17) is 5.73 Å². The van der Waals surface area contributed by atoms with Gasteiger partial charge >= 0.3 is 0 Å². The second-order valence-electron chi connectivity index (χ2n) is 1.76. The smallest absolute Gasteiger partial charge is 0.283 e. The lowest BCUT2D eigenvalue weighted by Gasteiger charge is -1.99. The molecule has 1 aromatic rings. The van der Waals surface area contributed by atoms with Crippen LogP contribution in [0.15, 0.2) is 6.20 Å². The highest BCUT2D eigenvalue weighted by molar-refractivity contribution is 5.18. The fourth-order valence-electron chi connectivity index (χ4n) is 0.548. The van der Waals surface area contributed by atoms with Crippen LogP contribution in [0.25, 0.3) is 0 Å². The minimum atomic E-state index is -2.96. The number of nitrogens with two attached hydrogens (primary N) is 1. The number of hydrogen-bond acceptors (Lipinski definition) is 3. The number of rotatable bonds is 1. The maximum Gasteiger partial charge on any atom is 0.283 e. The molecule has 0 aromatic carbocycles. The topological polar surface area (TPSA) is 51.8 Å². The van der Waals surface area contributed by atoms with Gasteiger partial charge in [-0.3, -0.25) is 0 Å². The highest BCUT2D eigenvalue weighted by Gasteiger charge is 2.15. The van der Waals surface area contributed by atoms with Gasteiger partial charge in [0.2, 0.25) is 5.95 Å². The molecule has 0 aliphatic rings. The van der Waals surface area contributed by atoms with Crippen LogP contribution in [0.1, 0.15) is 12.1 Å². The van der Waals surface area contributed by atoms with Crippen LogP contribution in [0.4, 0.5) is 19.1 Å². The van der Waals surface area contributed by atoms with E-state index in [0.29, 0.717) is 6.20 Å². The molecular weight excluding hydrogens is 159 g/mol. The molecule has 1 heterocycles. The summed E-state index contributed by atoms with van der Waals surface area (Å²) in [5.41, 5.74) is 3.98. The molecule has 0 aliphatic carbocycles. The summed E-state index contributed by atoms with van der Waals surface area (Å²) in [5.74, 6) is -1.50. The SMILES string of the molecule is Nc1ncc(F)c(C(F)F)n1. The van der Waals surface area contributed by atoms with E-state index in [1.54, 1.807) is 0 Å². The summed E-state index contributed by atoms with van der Waals surface area (Å²) >= 11 is 0. The standard InChI is InChI=1S/C5H4F3N3/c6-2-1-10-5(9)11-3(2)4(7)8/h1,4H,(H2,9,10,11). The number of aromatic nitrogens is 2. The first-order chi connectivity index (χ1) is 5.11. The van der Waals surface area contributed by atoms with E-state index >= 15 is 0 Å². The van der Waals surface area contributed by atoms with Crippen molar-refractivity contribution in [3.63, 3.8) is 0 Å². The molecular formula is C5H4F3N3. The maximum atomic E-state index is 12.4. The predicted molar refractivity (Wildman–Crippen MR) is 31.4 cm³/mol. The molecule has 0 spiro atoms. The normalized spacial score (nSPS) is 10.5. The molecule has 60 valence electrons. The Bertz CT molecular complexity index is 263. The zero-order chi connectivity index (χ0) is 8.43. The number of nitrogen functional groups attached to an aromatic ring is 1. The molecule has 0 radical (unpaired) electrons. The molecule has 0 unspecified atom stereocenters. The van der Waals surface area contributed by atoms with Crippen molar-refractivity contribution in [1.82, 2.24) is 9.97 Å². The van der Waals surface area contributed by atoms with E-state index in [2.05, 4.69) is 9.97 Å². The Morgan fingerprint density at radius 1 is 1.45 bits per heavy atom. The van der Waals surface area contributed by atoms with E-state index in [1.807, 2.05) is 0 Å². The van der Waals surface area contributed by atoms with Gasteiger partial charge in [-0.05, 0) is 0 Å². The summed E-state index contributed by atoms with van der Waals surface area (Å²) in [6.45, 7) is 0. The van der Waals surface area contributed by atoms with Crippen LogP contribution >= 0.6 is 0 Å². The minimum Gasteiger partial charge on any atom is -0.368 e. The molecule has 3 nitrogen and oxygen atoms in total. The summed E-state index contributed by atoms with van der Waals surface area (Å²) < 4.78 is 36.0. The summed E-state index contributed by atoms with van der Waals surface area (Å²) in [7, 11) is 0. The highest BCUT2D eigenvalue weighted by Crippen LogP contribution is 2.18. The van der Waals surface area contributed by atoms with Crippen molar-refractivity contribution < 1.29 is 13.2 Å². The molecule has 0 amide bonds. The van der Waals surface area contributed by atoms with Gasteiger partial charge in [-0.25, -0.2) is 23.1 Å². The Morgan fingerprint density at radius 2 is 2.09 bits per heavy atom. The Morgan fingerprint density at radius 3 is 2.55 bits per heavy atom. The number of anilines is 1. The van der Waals surface area contributed by atoms with Gasteiger partial charge in [0.15, 0.2) is 5.82 Å². The van der Waals surface area contributed by atoms with Gasteiger partial charge in [0.05, 0.1) is 6.20 Å². The van der Waals surface area contributed by atoms with Crippen molar-refractivity contribution >= 4 is 5.95 Å². The zero-order valence-corrected chi connectivity index (χ0v) is 5.26. The fraction of sp³-hybridized carbons (Fsp3) is 0.200. The third kappa shape index (κ3) is 1.57. The van der Waals surface area contributed by atoms with Crippen LogP contribution in [0.3, 0.4) is 0 Å². The lowest BCUT2D eigenvalue weighted by Crippen LogP contribution is -2.02. The third-order valence-electron chi connectivity index (χ3n) is 0.997. The Labute approximate surface area is 60.1 Å². The van der Waals surface area contributed by atoms with Gasteiger partial charge in [0.25, 0.3) is 6.43 Å². The number of alkyl halides is 2.